The van der Waals surface area contributed by atoms with Gasteiger partial charge in [-0.15, -0.1) is 8.78 Å². The Morgan fingerprint density at radius 1 is 1.00 bits per heavy atom. The number of benzene rings is 3. The first kappa shape index (κ1) is 18.9. The lowest BCUT2D eigenvalue weighted by Gasteiger charge is -2.14. The van der Waals surface area contributed by atoms with Crippen LogP contribution in [-0.2, 0) is 6.42 Å². The van der Waals surface area contributed by atoms with Gasteiger partial charge in [-0.1, -0.05) is 43.3 Å². The number of nitrogens with one attached hydrogen (secondary N) is 1. The number of carbonyl (C=O) groups is 1. The summed E-state index contributed by atoms with van der Waals surface area (Å²) in [5.74, 6) is -0.523. The Morgan fingerprint density at radius 3 is 2.55 bits per heavy atom. The molecule has 3 aromatic rings. The van der Waals surface area contributed by atoms with Gasteiger partial charge in [-0.05, 0) is 53.8 Å². The molecule has 1 amide bonds. The topological polar surface area (TPSA) is 47.6 Å². The molecule has 1 heterocycles. The average molecular weight is 395 g/mol. The van der Waals surface area contributed by atoms with Crippen LogP contribution in [0.25, 0.3) is 11.1 Å². The smallest absolute Gasteiger partial charge is 0.395 e. The van der Waals surface area contributed by atoms with Crippen molar-refractivity contribution >= 4 is 11.6 Å². The Hall–Kier alpha value is -3.41. The zero-order valence-corrected chi connectivity index (χ0v) is 16.0. The number of aryl methyl sites for hydroxylation is 2. The number of alkyl halides is 2. The molecular weight excluding hydrogens is 376 g/mol. The fraction of sp³-hybridized carbons (Fsp3) is 0.174. The summed E-state index contributed by atoms with van der Waals surface area (Å²) in [5, 5.41) is 2.76. The monoisotopic (exact) mass is 395 g/mol. The molecule has 0 saturated carbocycles. The van der Waals surface area contributed by atoms with Crippen molar-refractivity contribution in [3.05, 3.63) is 77.4 Å². The van der Waals surface area contributed by atoms with Crippen LogP contribution in [0.4, 0.5) is 14.5 Å². The Labute approximate surface area is 167 Å². The molecule has 0 unspecified atom stereocenters. The van der Waals surface area contributed by atoms with Crippen molar-refractivity contribution < 1.29 is 23.0 Å². The van der Waals surface area contributed by atoms with E-state index < -0.39 is 6.29 Å². The van der Waals surface area contributed by atoms with Crippen LogP contribution in [0.5, 0.6) is 11.5 Å². The van der Waals surface area contributed by atoms with Crippen LogP contribution >= 0.6 is 0 Å². The minimum atomic E-state index is -3.70. The summed E-state index contributed by atoms with van der Waals surface area (Å²) in [6, 6.07) is 17.7. The molecule has 29 heavy (non-hydrogen) atoms. The second-order valence-electron chi connectivity index (χ2n) is 6.83. The molecule has 4 rings (SSSR count). The Balaban J connectivity index is 1.66. The zero-order chi connectivity index (χ0) is 20.6. The summed E-state index contributed by atoms with van der Waals surface area (Å²) in [7, 11) is 0. The van der Waals surface area contributed by atoms with E-state index in [9.17, 15) is 13.6 Å². The number of carbonyl (C=O) groups excluding carboxylic acids is 1. The first-order chi connectivity index (χ1) is 13.9. The molecule has 0 saturated heterocycles. The highest BCUT2D eigenvalue weighted by Crippen LogP contribution is 2.42. The summed E-state index contributed by atoms with van der Waals surface area (Å²) in [6.07, 6.45) is -2.80. The van der Waals surface area contributed by atoms with E-state index in [4.69, 9.17) is 0 Å². The number of halogens is 2. The summed E-state index contributed by atoms with van der Waals surface area (Å²) in [6.45, 7) is 4.03. The fourth-order valence-electron chi connectivity index (χ4n) is 3.41. The first-order valence-corrected chi connectivity index (χ1v) is 9.26. The number of anilines is 1. The highest BCUT2D eigenvalue weighted by atomic mass is 19.3. The second kappa shape index (κ2) is 7.20. The van der Waals surface area contributed by atoms with Gasteiger partial charge in [-0.25, -0.2) is 0 Å². The third-order valence-electron chi connectivity index (χ3n) is 4.80. The van der Waals surface area contributed by atoms with Gasteiger partial charge in [0.25, 0.3) is 5.91 Å². The van der Waals surface area contributed by atoms with Gasteiger partial charge in [0.2, 0.25) is 0 Å². The molecule has 0 spiro atoms. The van der Waals surface area contributed by atoms with E-state index in [-0.39, 0.29) is 17.4 Å². The standard InChI is InChI=1S/C23H19F2NO3/c1-3-15-7-5-8-16(12-15)21-14(2)6-4-9-18(21)22(27)26-17-10-11-19-20(13-17)29-23(24,25)28-19/h4-13H,3H2,1-2H3,(H,26,27). The molecule has 0 radical (unpaired) electrons. The Morgan fingerprint density at radius 2 is 1.76 bits per heavy atom. The van der Waals surface area contributed by atoms with Gasteiger partial charge in [0, 0.05) is 17.3 Å². The van der Waals surface area contributed by atoms with Crippen molar-refractivity contribution in [2.24, 2.45) is 0 Å². The maximum absolute atomic E-state index is 13.2. The zero-order valence-electron chi connectivity index (χ0n) is 16.0. The summed E-state index contributed by atoms with van der Waals surface area (Å²) in [5.41, 5.74) is 4.78. The minimum Gasteiger partial charge on any atom is -0.395 e. The quantitative estimate of drug-likeness (QED) is 0.607. The number of rotatable bonds is 4. The Kier molecular flexibility index (Phi) is 4.70. The number of amides is 1. The van der Waals surface area contributed by atoms with Crippen molar-refractivity contribution in [1.82, 2.24) is 0 Å². The largest absolute Gasteiger partial charge is 0.586 e. The van der Waals surface area contributed by atoms with Crippen molar-refractivity contribution in [2.45, 2.75) is 26.6 Å². The first-order valence-electron chi connectivity index (χ1n) is 9.26. The van der Waals surface area contributed by atoms with Crippen molar-refractivity contribution in [1.29, 1.82) is 0 Å². The maximum atomic E-state index is 13.2. The number of ether oxygens (including phenoxy) is 2. The van der Waals surface area contributed by atoms with E-state index in [2.05, 4.69) is 27.8 Å². The summed E-state index contributed by atoms with van der Waals surface area (Å²) < 4.78 is 35.3. The normalized spacial score (nSPS) is 13.9. The van der Waals surface area contributed by atoms with Crippen molar-refractivity contribution in [3.63, 3.8) is 0 Å². The molecule has 4 nitrogen and oxygen atoms in total. The van der Waals surface area contributed by atoms with Gasteiger partial charge in [-0.3, -0.25) is 4.79 Å². The van der Waals surface area contributed by atoms with Gasteiger partial charge >= 0.3 is 6.29 Å². The van der Waals surface area contributed by atoms with Crippen LogP contribution in [0, 0.1) is 6.92 Å². The van der Waals surface area contributed by atoms with E-state index in [1.54, 1.807) is 6.07 Å². The molecule has 148 valence electrons. The predicted molar refractivity (Wildman–Crippen MR) is 107 cm³/mol. The number of hydrogen-bond donors (Lipinski definition) is 1. The lowest BCUT2D eigenvalue weighted by Crippen LogP contribution is -2.25. The van der Waals surface area contributed by atoms with Crippen LogP contribution < -0.4 is 14.8 Å². The molecule has 0 atom stereocenters. The van der Waals surface area contributed by atoms with Crippen LogP contribution in [-0.4, -0.2) is 12.2 Å². The molecule has 0 aliphatic carbocycles. The highest BCUT2D eigenvalue weighted by Gasteiger charge is 2.43. The van der Waals surface area contributed by atoms with E-state index in [1.807, 2.05) is 37.3 Å². The Bertz CT molecular complexity index is 1100. The number of hydrogen-bond acceptors (Lipinski definition) is 3. The third kappa shape index (κ3) is 3.78. The van der Waals surface area contributed by atoms with Gasteiger partial charge in [-0.2, -0.15) is 0 Å². The van der Waals surface area contributed by atoms with Gasteiger partial charge in [0.15, 0.2) is 11.5 Å². The average Bonchev–Trinajstić information content (AvgIpc) is 3.00. The van der Waals surface area contributed by atoms with Gasteiger partial charge < -0.3 is 14.8 Å². The van der Waals surface area contributed by atoms with Crippen LogP contribution in [0.3, 0.4) is 0 Å². The molecule has 1 aliphatic rings. The molecule has 0 aromatic heterocycles. The molecule has 3 aromatic carbocycles. The fourth-order valence-corrected chi connectivity index (χ4v) is 3.41. The molecule has 0 fully saturated rings. The van der Waals surface area contributed by atoms with Crippen LogP contribution in [0.15, 0.2) is 60.7 Å². The van der Waals surface area contributed by atoms with E-state index in [1.165, 1.54) is 23.8 Å². The molecule has 0 bridgehead atoms. The predicted octanol–water partition coefficient (Wildman–Crippen LogP) is 5.80. The maximum Gasteiger partial charge on any atom is 0.586 e. The third-order valence-corrected chi connectivity index (χ3v) is 4.80. The highest BCUT2D eigenvalue weighted by molar-refractivity contribution is 6.09. The summed E-state index contributed by atoms with van der Waals surface area (Å²) >= 11 is 0. The number of fused-ring (bicyclic) bond motifs is 1. The van der Waals surface area contributed by atoms with E-state index in [0.717, 1.165) is 23.1 Å². The van der Waals surface area contributed by atoms with Crippen molar-refractivity contribution in [3.8, 4) is 22.6 Å². The van der Waals surface area contributed by atoms with Crippen LogP contribution in [0.2, 0.25) is 0 Å². The molecular formula is C23H19F2NO3. The van der Waals surface area contributed by atoms with Gasteiger partial charge in [0.1, 0.15) is 0 Å². The lowest BCUT2D eigenvalue weighted by molar-refractivity contribution is -0.286. The van der Waals surface area contributed by atoms with E-state index >= 15 is 0 Å². The lowest BCUT2D eigenvalue weighted by atomic mass is 9.93. The van der Waals surface area contributed by atoms with E-state index in [0.29, 0.717) is 11.3 Å². The second-order valence-corrected chi connectivity index (χ2v) is 6.83. The SMILES string of the molecule is CCc1cccc(-c2c(C)cccc2C(=O)Nc2ccc3c(c2)OC(F)(F)O3)c1. The molecule has 1 N–H and O–H groups in total. The minimum absolute atomic E-state index is 0.0689. The van der Waals surface area contributed by atoms with Crippen molar-refractivity contribution in [2.75, 3.05) is 5.32 Å². The summed E-state index contributed by atoms with van der Waals surface area (Å²) in [4.78, 5) is 13.0. The molecule has 1 aliphatic heterocycles. The van der Waals surface area contributed by atoms with Gasteiger partial charge in [0.05, 0.1) is 0 Å². The van der Waals surface area contributed by atoms with Crippen LogP contribution in [0.1, 0.15) is 28.4 Å². The molecule has 6 heteroatoms.